The lowest BCUT2D eigenvalue weighted by Crippen LogP contribution is -2.42. The maximum Gasteiger partial charge on any atom is 0.335 e. The Bertz CT molecular complexity index is 755. The van der Waals surface area contributed by atoms with Crippen LogP contribution in [-0.2, 0) is 0 Å². The molecule has 1 aliphatic rings. The predicted molar refractivity (Wildman–Crippen MR) is 73.9 cm³/mol. The molecule has 4 nitrogen and oxygen atoms in total. The standard InChI is InChI=1S/C15H15FN2O2/c1-10-9-17(12-3-2-4-12)15(20)18(14(10)19)13-7-5-11(16)6-8-13/h5-9,12H,2-4H2,1H3. The lowest BCUT2D eigenvalue weighted by molar-refractivity contribution is 0.299. The summed E-state index contributed by atoms with van der Waals surface area (Å²) in [5.74, 6) is -0.395. The van der Waals surface area contributed by atoms with E-state index in [2.05, 4.69) is 0 Å². The zero-order valence-electron chi connectivity index (χ0n) is 11.2. The van der Waals surface area contributed by atoms with Gasteiger partial charge in [0.2, 0.25) is 0 Å². The molecule has 0 N–H and O–H groups in total. The minimum Gasteiger partial charge on any atom is -0.297 e. The fourth-order valence-electron chi connectivity index (χ4n) is 2.44. The summed E-state index contributed by atoms with van der Waals surface area (Å²) in [5.41, 5.74) is 0.216. The molecule has 1 aromatic carbocycles. The van der Waals surface area contributed by atoms with Crippen molar-refractivity contribution in [3.8, 4) is 5.69 Å². The number of hydrogen-bond donors (Lipinski definition) is 0. The van der Waals surface area contributed by atoms with Gasteiger partial charge in [0.05, 0.1) is 5.69 Å². The largest absolute Gasteiger partial charge is 0.335 e. The van der Waals surface area contributed by atoms with Crippen LogP contribution in [0.5, 0.6) is 0 Å². The van der Waals surface area contributed by atoms with E-state index in [1.165, 1.54) is 24.3 Å². The van der Waals surface area contributed by atoms with Gasteiger partial charge in [-0.2, -0.15) is 0 Å². The lowest BCUT2D eigenvalue weighted by Gasteiger charge is -2.28. The van der Waals surface area contributed by atoms with Gasteiger partial charge in [0, 0.05) is 17.8 Å². The summed E-state index contributed by atoms with van der Waals surface area (Å²) in [6.07, 6.45) is 4.66. The Morgan fingerprint density at radius 1 is 1.15 bits per heavy atom. The van der Waals surface area contributed by atoms with E-state index in [0.29, 0.717) is 11.3 Å². The molecule has 0 bridgehead atoms. The van der Waals surface area contributed by atoms with Crippen molar-refractivity contribution in [1.29, 1.82) is 0 Å². The van der Waals surface area contributed by atoms with Crippen LogP contribution in [0.4, 0.5) is 4.39 Å². The third-order valence-electron chi connectivity index (χ3n) is 3.84. The van der Waals surface area contributed by atoms with Crippen molar-refractivity contribution < 1.29 is 4.39 Å². The number of rotatable bonds is 2. The highest BCUT2D eigenvalue weighted by atomic mass is 19.1. The Morgan fingerprint density at radius 2 is 1.80 bits per heavy atom. The van der Waals surface area contributed by atoms with Gasteiger partial charge >= 0.3 is 5.69 Å². The molecule has 0 atom stereocenters. The van der Waals surface area contributed by atoms with E-state index in [-0.39, 0.29) is 17.3 Å². The van der Waals surface area contributed by atoms with Gasteiger partial charge in [-0.25, -0.2) is 13.8 Å². The molecule has 104 valence electrons. The average molecular weight is 274 g/mol. The van der Waals surface area contributed by atoms with Gasteiger partial charge in [0.25, 0.3) is 5.56 Å². The summed E-state index contributed by atoms with van der Waals surface area (Å²) in [5, 5.41) is 0. The Morgan fingerprint density at radius 3 is 2.35 bits per heavy atom. The van der Waals surface area contributed by atoms with Crippen molar-refractivity contribution in [2.75, 3.05) is 0 Å². The molecule has 1 heterocycles. The number of aromatic nitrogens is 2. The fourth-order valence-corrected chi connectivity index (χ4v) is 2.44. The molecule has 20 heavy (non-hydrogen) atoms. The van der Waals surface area contributed by atoms with Gasteiger partial charge < -0.3 is 0 Å². The Kier molecular flexibility index (Phi) is 3.04. The Labute approximate surface area is 115 Å². The number of hydrogen-bond acceptors (Lipinski definition) is 2. The summed E-state index contributed by atoms with van der Waals surface area (Å²) in [6.45, 7) is 1.69. The minimum atomic E-state index is -0.395. The van der Waals surface area contributed by atoms with Crippen LogP contribution in [0.2, 0.25) is 0 Å². The third-order valence-corrected chi connectivity index (χ3v) is 3.84. The van der Waals surface area contributed by atoms with Crippen LogP contribution in [0.3, 0.4) is 0 Å². The molecule has 1 aromatic heterocycles. The topological polar surface area (TPSA) is 44.0 Å². The first-order valence-corrected chi connectivity index (χ1v) is 6.68. The number of halogens is 1. The molecule has 0 spiro atoms. The van der Waals surface area contributed by atoms with Crippen molar-refractivity contribution >= 4 is 0 Å². The quantitative estimate of drug-likeness (QED) is 0.842. The molecule has 0 aliphatic heterocycles. The molecular weight excluding hydrogens is 259 g/mol. The maximum atomic E-state index is 13.0. The first-order valence-electron chi connectivity index (χ1n) is 6.68. The van der Waals surface area contributed by atoms with Crippen molar-refractivity contribution in [2.45, 2.75) is 32.2 Å². The molecule has 0 amide bonds. The van der Waals surface area contributed by atoms with Crippen LogP contribution >= 0.6 is 0 Å². The van der Waals surface area contributed by atoms with E-state index in [9.17, 15) is 14.0 Å². The van der Waals surface area contributed by atoms with E-state index in [1.54, 1.807) is 17.7 Å². The molecule has 1 saturated carbocycles. The second-order valence-electron chi connectivity index (χ2n) is 5.20. The molecule has 0 unspecified atom stereocenters. The van der Waals surface area contributed by atoms with E-state index >= 15 is 0 Å². The zero-order chi connectivity index (χ0) is 14.3. The third kappa shape index (κ3) is 1.99. The van der Waals surface area contributed by atoms with E-state index in [1.807, 2.05) is 0 Å². The molecule has 0 saturated heterocycles. The summed E-state index contributed by atoms with van der Waals surface area (Å²) in [7, 11) is 0. The molecular formula is C15H15FN2O2. The van der Waals surface area contributed by atoms with Gasteiger partial charge in [-0.1, -0.05) is 0 Å². The van der Waals surface area contributed by atoms with Gasteiger partial charge in [-0.05, 0) is 50.5 Å². The number of benzene rings is 1. The van der Waals surface area contributed by atoms with E-state index in [4.69, 9.17) is 0 Å². The van der Waals surface area contributed by atoms with Crippen molar-refractivity contribution in [3.63, 3.8) is 0 Å². The highest BCUT2D eigenvalue weighted by Crippen LogP contribution is 2.29. The summed E-state index contributed by atoms with van der Waals surface area (Å²) in [4.78, 5) is 24.7. The van der Waals surface area contributed by atoms with Crippen molar-refractivity contribution in [2.24, 2.45) is 0 Å². The molecule has 1 aliphatic carbocycles. The SMILES string of the molecule is Cc1cn(C2CCC2)c(=O)n(-c2ccc(F)cc2)c1=O. The van der Waals surface area contributed by atoms with E-state index < -0.39 is 5.82 Å². The summed E-state index contributed by atoms with van der Waals surface area (Å²) < 4.78 is 15.7. The van der Waals surface area contributed by atoms with Crippen molar-refractivity contribution in [3.05, 3.63) is 62.7 Å². The maximum absolute atomic E-state index is 13.0. The normalized spacial score (nSPS) is 15.1. The second kappa shape index (κ2) is 4.74. The Hall–Kier alpha value is -2.17. The highest BCUT2D eigenvalue weighted by molar-refractivity contribution is 5.32. The van der Waals surface area contributed by atoms with Crippen LogP contribution in [0.1, 0.15) is 30.9 Å². The predicted octanol–water partition coefficient (Wildman–Crippen LogP) is 2.17. The first kappa shape index (κ1) is 12.8. The smallest absolute Gasteiger partial charge is 0.297 e. The fraction of sp³-hybridized carbons (Fsp3) is 0.333. The van der Waals surface area contributed by atoms with Crippen LogP contribution in [0.15, 0.2) is 40.1 Å². The van der Waals surface area contributed by atoms with Gasteiger partial charge in [0.1, 0.15) is 5.82 Å². The van der Waals surface area contributed by atoms with Gasteiger partial charge in [-0.15, -0.1) is 0 Å². The monoisotopic (exact) mass is 274 g/mol. The number of nitrogens with zero attached hydrogens (tertiary/aromatic N) is 2. The Balaban J connectivity index is 2.23. The van der Waals surface area contributed by atoms with Crippen LogP contribution < -0.4 is 11.2 Å². The van der Waals surface area contributed by atoms with E-state index in [0.717, 1.165) is 23.8 Å². The summed E-state index contributed by atoms with van der Waals surface area (Å²) in [6, 6.07) is 5.56. The molecule has 5 heteroatoms. The number of aryl methyl sites for hydroxylation is 1. The van der Waals surface area contributed by atoms with Crippen LogP contribution in [0.25, 0.3) is 5.69 Å². The van der Waals surface area contributed by atoms with Crippen molar-refractivity contribution in [1.82, 2.24) is 9.13 Å². The summed E-state index contributed by atoms with van der Waals surface area (Å²) >= 11 is 0. The van der Waals surface area contributed by atoms with Gasteiger partial charge in [0.15, 0.2) is 0 Å². The van der Waals surface area contributed by atoms with Crippen LogP contribution in [0, 0.1) is 12.7 Å². The second-order valence-corrected chi connectivity index (χ2v) is 5.20. The van der Waals surface area contributed by atoms with Gasteiger partial charge in [-0.3, -0.25) is 9.36 Å². The molecule has 3 rings (SSSR count). The zero-order valence-corrected chi connectivity index (χ0v) is 11.2. The first-order chi connectivity index (χ1) is 9.58. The molecule has 1 fully saturated rings. The molecule has 0 radical (unpaired) electrons. The minimum absolute atomic E-state index is 0.175. The lowest BCUT2D eigenvalue weighted by atomic mass is 9.93. The average Bonchev–Trinajstić information content (AvgIpc) is 2.36. The van der Waals surface area contributed by atoms with Crippen LogP contribution in [-0.4, -0.2) is 9.13 Å². The highest BCUT2D eigenvalue weighted by Gasteiger charge is 2.22. The molecule has 2 aromatic rings.